The number of aromatic nitrogens is 8. The zero-order valence-corrected chi connectivity index (χ0v) is 49.3. The highest BCUT2D eigenvalue weighted by molar-refractivity contribution is 7.85. The Kier molecular flexibility index (Phi) is 15.7. The number of nitrogens with one attached hydrogen (secondary N) is 2. The predicted octanol–water partition coefficient (Wildman–Crippen LogP) is 7.89. The summed E-state index contributed by atoms with van der Waals surface area (Å²) in [4.78, 5) is 42.5. The van der Waals surface area contributed by atoms with Crippen LogP contribution in [-0.2, 0) is 53.5 Å². The molecule has 2 aromatic carbocycles. The average Bonchev–Trinajstić information content (AvgIpc) is 4.36. The highest BCUT2D eigenvalue weighted by Crippen LogP contribution is 2.40. The van der Waals surface area contributed by atoms with Gasteiger partial charge in [0.2, 0.25) is 16.7 Å². The number of H-pyrrole nitrogens is 2. The van der Waals surface area contributed by atoms with Crippen LogP contribution in [0, 0.1) is 11.6 Å². The zero-order chi connectivity index (χ0) is 57.9. The Balaban J connectivity index is 0.000000124. The number of aromatic amines is 2. The number of fused-ring (bicyclic) bond motifs is 8. The fraction of sp³-hybridized carbons (Fsp3) is 0.414. The summed E-state index contributed by atoms with van der Waals surface area (Å²) in [6, 6.07) is 15.2. The molecule has 84 heavy (non-hydrogen) atoms. The second-order valence-corrected chi connectivity index (χ2v) is 26.2. The standard InChI is InChI=1S/C26H25FN6O3S.C18H20ClN5O3S.C14H17BFNO2/c27-19-14-28-20-3-1-2-17(21(19)20)24-30-22-18-12-16(15-32-6-10-37(34)11-7-32)13-29-26(18)36-23(22)25(31-24)33-4-8-35-9-5-33;19-18-21-14-13-9-12(11-23-3-7-28(25)8-4-23)10-20-17(13)27-15(14)16(22-18)24-1-5-26-6-2-24;1-13(2)14(3,4)19-15(18-13)9-6-5-7-11-12(9)10(16)8-17-11/h1-3,12-14,28H,4-11,15H2;9-10H,1-8,11H2;5-8,17H,1-4H3. The molecule has 15 rings (SSSR count). The summed E-state index contributed by atoms with van der Waals surface area (Å²) in [5.41, 5.74) is 7.60. The fourth-order valence-electron chi connectivity index (χ4n) is 11.2. The SMILES string of the molecule is CC1(C)OB(c2cccc3[nH]cc(F)c23)OC1(C)C.O=S1CCN(Cc2cnc3oc4c(N5CCOCC5)nc(-c5cccc6[nH]cc(F)c56)nc4c3c2)CC1.O=S1CCN(Cc2cnc3oc4c(N5CCOCC5)nc(Cl)nc4c3c2)CC1. The molecule has 0 atom stereocenters. The second-order valence-electron chi connectivity index (χ2n) is 22.4. The number of rotatable bonds is 8. The maximum Gasteiger partial charge on any atom is 0.495 e. The third kappa shape index (κ3) is 11.3. The first-order chi connectivity index (χ1) is 40.6. The number of pyridine rings is 2. The van der Waals surface area contributed by atoms with Crippen molar-refractivity contribution in [1.82, 2.24) is 49.7 Å². The number of hydrogen-bond acceptors (Lipinski definition) is 18. The van der Waals surface area contributed by atoms with E-state index in [9.17, 15) is 17.2 Å². The van der Waals surface area contributed by atoms with Crippen LogP contribution in [0.3, 0.4) is 0 Å². The van der Waals surface area contributed by atoms with Crippen LogP contribution in [0.25, 0.3) is 77.6 Å². The molecule has 0 radical (unpaired) electrons. The Morgan fingerprint density at radius 2 is 1.10 bits per heavy atom. The van der Waals surface area contributed by atoms with Gasteiger partial charge in [0.25, 0.3) is 0 Å². The van der Waals surface area contributed by atoms with Gasteiger partial charge in [-0.05, 0) is 80.2 Å². The van der Waals surface area contributed by atoms with Crippen molar-refractivity contribution in [3.63, 3.8) is 0 Å². The molecule has 20 nitrogen and oxygen atoms in total. The molecular weight excluding hydrogens is 1140 g/mol. The normalized spacial score (nSPS) is 19.2. The molecule has 438 valence electrons. The molecule has 13 heterocycles. The number of furan rings is 2. The van der Waals surface area contributed by atoms with E-state index in [0.29, 0.717) is 124 Å². The Hall–Kier alpha value is -6.55. The van der Waals surface area contributed by atoms with E-state index in [1.165, 1.54) is 12.4 Å². The fourth-order valence-corrected chi connectivity index (χ4v) is 13.6. The van der Waals surface area contributed by atoms with Gasteiger partial charge in [0.15, 0.2) is 28.6 Å². The molecule has 10 aromatic rings. The quantitative estimate of drug-likeness (QED) is 0.109. The van der Waals surface area contributed by atoms with Crippen molar-refractivity contribution in [2.45, 2.75) is 52.0 Å². The van der Waals surface area contributed by atoms with Gasteiger partial charge < -0.3 is 47.4 Å². The van der Waals surface area contributed by atoms with Gasteiger partial charge in [-0.25, -0.2) is 33.7 Å². The van der Waals surface area contributed by atoms with E-state index in [1.807, 2.05) is 76.5 Å². The lowest BCUT2D eigenvalue weighted by molar-refractivity contribution is 0.00578. The van der Waals surface area contributed by atoms with Crippen LogP contribution in [-0.4, -0.2) is 178 Å². The smallest absolute Gasteiger partial charge is 0.432 e. The maximum absolute atomic E-state index is 14.8. The monoisotopic (exact) mass is 1200 g/mol. The molecule has 0 saturated carbocycles. The molecule has 5 fully saturated rings. The lowest BCUT2D eigenvalue weighted by Gasteiger charge is -2.32. The number of anilines is 2. The minimum Gasteiger partial charge on any atom is -0.432 e. The highest BCUT2D eigenvalue weighted by Gasteiger charge is 2.52. The largest absolute Gasteiger partial charge is 0.495 e. The van der Waals surface area contributed by atoms with Gasteiger partial charge in [0.05, 0.1) is 48.4 Å². The molecule has 5 aliphatic heterocycles. The number of nitrogens with zero attached hydrogens (tertiary/aromatic N) is 10. The second kappa shape index (κ2) is 23.4. The van der Waals surface area contributed by atoms with E-state index < -0.39 is 39.9 Å². The van der Waals surface area contributed by atoms with Crippen molar-refractivity contribution in [3.8, 4) is 11.4 Å². The molecule has 0 amide bonds. The first kappa shape index (κ1) is 56.6. The van der Waals surface area contributed by atoms with Gasteiger partial charge in [0, 0.05) is 162 Å². The Morgan fingerprint density at radius 1 is 0.619 bits per heavy atom. The Bertz CT molecular complexity index is 4120. The molecule has 5 saturated heterocycles. The lowest BCUT2D eigenvalue weighted by Crippen LogP contribution is -2.41. The van der Waals surface area contributed by atoms with Crippen LogP contribution < -0.4 is 15.3 Å². The lowest BCUT2D eigenvalue weighted by atomic mass is 9.77. The van der Waals surface area contributed by atoms with Crippen LogP contribution in [0.2, 0.25) is 5.28 Å². The van der Waals surface area contributed by atoms with E-state index in [-0.39, 0.29) is 16.9 Å². The molecule has 5 aliphatic rings. The summed E-state index contributed by atoms with van der Waals surface area (Å²) < 4.78 is 87.2. The van der Waals surface area contributed by atoms with Crippen LogP contribution >= 0.6 is 11.6 Å². The van der Waals surface area contributed by atoms with Crippen LogP contribution in [0.1, 0.15) is 38.8 Å². The van der Waals surface area contributed by atoms with Crippen molar-refractivity contribution in [3.05, 3.63) is 101 Å². The van der Waals surface area contributed by atoms with E-state index in [0.717, 1.165) is 96.7 Å². The van der Waals surface area contributed by atoms with E-state index in [4.69, 9.17) is 49.2 Å². The number of benzene rings is 2. The van der Waals surface area contributed by atoms with E-state index >= 15 is 0 Å². The summed E-state index contributed by atoms with van der Waals surface area (Å²) in [6.45, 7) is 18.0. The summed E-state index contributed by atoms with van der Waals surface area (Å²) in [6.07, 6.45) is 6.38. The van der Waals surface area contributed by atoms with Crippen LogP contribution in [0.4, 0.5) is 20.4 Å². The third-order valence-electron chi connectivity index (χ3n) is 16.5. The van der Waals surface area contributed by atoms with Gasteiger partial charge in [-0.1, -0.05) is 24.3 Å². The molecule has 0 spiro atoms. The highest BCUT2D eigenvalue weighted by atomic mass is 35.5. The number of halogens is 3. The van der Waals surface area contributed by atoms with Gasteiger partial charge in [0.1, 0.15) is 22.7 Å². The summed E-state index contributed by atoms with van der Waals surface area (Å²) in [5.74, 6) is 4.03. The third-order valence-corrected chi connectivity index (χ3v) is 19.2. The van der Waals surface area contributed by atoms with Crippen molar-refractivity contribution in [2.24, 2.45) is 0 Å². The maximum atomic E-state index is 14.8. The molecule has 0 aliphatic carbocycles. The van der Waals surface area contributed by atoms with E-state index in [1.54, 1.807) is 0 Å². The topological polar surface area (TPSA) is 219 Å². The van der Waals surface area contributed by atoms with Crippen molar-refractivity contribution >= 4 is 124 Å². The Labute approximate surface area is 492 Å². The Morgan fingerprint density at radius 3 is 1.63 bits per heavy atom. The average molecular weight is 1200 g/mol. The zero-order valence-electron chi connectivity index (χ0n) is 46.9. The summed E-state index contributed by atoms with van der Waals surface area (Å²) in [5, 5.41) is 2.84. The van der Waals surface area contributed by atoms with Gasteiger partial charge >= 0.3 is 7.12 Å². The number of hydrogen-bond donors (Lipinski definition) is 2. The number of morpholine rings is 2. The van der Waals surface area contributed by atoms with Gasteiger partial charge in [-0.2, -0.15) is 4.98 Å². The van der Waals surface area contributed by atoms with Crippen molar-refractivity contribution < 1.29 is 44.8 Å². The van der Waals surface area contributed by atoms with Crippen molar-refractivity contribution in [2.75, 3.05) is 112 Å². The molecule has 0 unspecified atom stereocenters. The van der Waals surface area contributed by atoms with Gasteiger partial charge in [-0.3, -0.25) is 18.2 Å². The molecular formula is C58H62BClF2N12O8S2. The minimum absolute atomic E-state index is 0.195. The minimum atomic E-state index is -0.720. The van der Waals surface area contributed by atoms with Gasteiger partial charge in [-0.15, -0.1) is 0 Å². The van der Waals surface area contributed by atoms with Crippen molar-refractivity contribution in [1.29, 1.82) is 0 Å². The summed E-state index contributed by atoms with van der Waals surface area (Å²) in [7, 11) is -1.94. The first-order valence-electron chi connectivity index (χ1n) is 28.1. The molecule has 26 heteroatoms. The predicted molar refractivity (Wildman–Crippen MR) is 323 cm³/mol. The summed E-state index contributed by atoms with van der Waals surface area (Å²) >= 11 is 6.23. The number of ether oxygens (including phenoxy) is 2. The van der Waals surface area contributed by atoms with E-state index in [2.05, 4.69) is 61.6 Å². The molecule has 2 N–H and O–H groups in total. The first-order valence-corrected chi connectivity index (χ1v) is 31.5. The van der Waals surface area contributed by atoms with Crippen LogP contribution in [0.15, 0.2) is 82.2 Å². The molecule has 8 aromatic heterocycles. The molecule has 0 bridgehead atoms. The van der Waals surface area contributed by atoms with Crippen LogP contribution in [0.5, 0.6) is 0 Å².